The lowest BCUT2D eigenvalue weighted by molar-refractivity contribution is -0.120. The van der Waals surface area contributed by atoms with E-state index in [-0.39, 0.29) is 11.8 Å². The lowest BCUT2D eigenvalue weighted by atomic mass is 9.92. The van der Waals surface area contributed by atoms with Gasteiger partial charge in [-0.25, -0.2) is 0 Å². The molecular formula is C15H21ClN2O2. The quantitative estimate of drug-likeness (QED) is 0.898. The number of carbonyl (C=O) groups is 1. The van der Waals surface area contributed by atoms with Crippen molar-refractivity contribution in [1.82, 2.24) is 5.32 Å². The predicted octanol–water partition coefficient (Wildman–Crippen LogP) is 3.07. The van der Waals surface area contributed by atoms with Gasteiger partial charge in [0, 0.05) is 17.6 Å². The fraction of sp³-hybridized carbons (Fsp3) is 0.533. The fourth-order valence-corrected chi connectivity index (χ4v) is 2.70. The van der Waals surface area contributed by atoms with E-state index >= 15 is 0 Å². The average Bonchev–Trinajstić information content (AvgIpc) is 2.42. The Bertz CT molecular complexity index is 479. The summed E-state index contributed by atoms with van der Waals surface area (Å²) in [7, 11) is 0. The number of rotatable bonds is 4. The zero-order chi connectivity index (χ0) is 14.5. The van der Waals surface area contributed by atoms with Gasteiger partial charge in [0.1, 0.15) is 5.75 Å². The van der Waals surface area contributed by atoms with Gasteiger partial charge < -0.3 is 15.4 Å². The number of nitrogens with one attached hydrogen (secondary N) is 2. The van der Waals surface area contributed by atoms with E-state index in [0.29, 0.717) is 23.4 Å². The van der Waals surface area contributed by atoms with E-state index in [1.165, 1.54) is 0 Å². The highest BCUT2D eigenvalue weighted by Crippen LogP contribution is 2.28. The van der Waals surface area contributed by atoms with Crippen LogP contribution in [0.5, 0.6) is 5.75 Å². The lowest BCUT2D eigenvalue weighted by Crippen LogP contribution is -2.40. The van der Waals surface area contributed by atoms with Gasteiger partial charge in [-0.05, 0) is 51.4 Å². The topological polar surface area (TPSA) is 50.4 Å². The van der Waals surface area contributed by atoms with Crippen LogP contribution in [0.3, 0.4) is 0 Å². The summed E-state index contributed by atoms with van der Waals surface area (Å²) in [6.45, 7) is 5.47. The Morgan fingerprint density at radius 2 is 2.35 bits per heavy atom. The molecule has 4 nitrogen and oxygen atoms in total. The largest absolute Gasteiger partial charge is 0.492 e. The minimum Gasteiger partial charge on any atom is -0.492 e. The van der Waals surface area contributed by atoms with Crippen LogP contribution in [-0.2, 0) is 4.79 Å². The van der Waals surface area contributed by atoms with Crippen LogP contribution in [0, 0.1) is 5.92 Å². The first kappa shape index (κ1) is 15.1. The summed E-state index contributed by atoms with van der Waals surface area (Å²) in [6, 6.07) is 5.73. The molecule has 1 fully saturated rings. The van der Waals surface area contributed by atoms with Gasteiger partial charge in [-0.1, -0.05) is 11.6 Å². The van der Waals surface area contributed by atoms with Crippen LogP contribution in [0.15, 0.2) is 18.2 Å². The summed E-state index contributed by atoms with van der Waals surface area (Å²) in [6.07, 6.45) is 1.75. The summed E-state index contributed by atoms with van der Waals surface area (Å²) >= 11 is 6.11. The molecule has 0 radical (unpaired) electrons. The maximum Gasteiger partial charge on any atom is 0.227 e. The van der Waals surface area contributed by atoms with Gasteiger partial charge in [0.25, 0.3) is 0 Å². The molecule has 20 heavy (non-hydrogen) atoms. The number of benzene rings is 1. The normalized spacial score (nSPS) is 22.4. The maximum atomic E-state index is 12.2. The van der Waals surface area contributed by atoms with Crippen LogP contribution in [0.4, 0.5) is 5.69 Å². The summed E-state index contributed by atoms with van der Waals surface area (Å²) in [4.78, 5) is 12.2. The van der Waals surface area contributed by atoms with Gasteiger partial charge in [0.2, 0.25) is 5.91 Å². The second-order valence-corrected chi connectivity index (χ2v) is 5.55. The van der Waals surface area contributed by atoms with E-state index in [2.05, 4.69) is 17.6 Å². The van der Waals surface area contributed by atoms with E-state index in [9.17, 15) is 4.79 Å². The summed E-state index contributed by atoms with van der Waals surface area (Å²) in [5, 5.41) is 6.80. The van der Waals surface area contributed by atoms with Crippen molar-refractivity contribution in [3.05, 3.63) is 23.2 Å². The number of hydrogen-bond donors (Lipinski definition) is 2. The van der Waals surface area contributed by atoms with Crippen molar-refractivity contribution in [2.75, 3.05) is 18.5 Å². The molecule has 1 aromatic carbocycles. The van der Waals surface area contributed by atoms with E-state index in [1.807, 2.05) is 13.0 Å². The van der Waals surface area contributed by atoms with Crippen molar-refractivity contribution in [3.63, 3.8) is 0 Å². The molecule has 2 rings (SSSR count). The molecule has 1 aliphatic heterocycles. The monoisotopic (exact) mass is 296 g/mol. The van der Waals surface area contributed by atoms with Gasteiger partial charge in [0.05, 0.1) is 11.6 Å². The first-order valence-electron chi connectivity index (χ1n) is 7.06. The minimum atomic E-state index is 0.0663. The highest BCUT2D eigenvalue weighted by Gasteiger charge is 2.24. The van der Waals surface area contributed by atoms with Crippen LogP contribution >= 0.6 is 11.6 Å². The molecule has 1 aliphatic rings. The van der Waals surface area contributed by atoms with Crippen molar-refractivity contribution in [1.29, 1.82) is 0 Å². The van der Waals surface area contributed by atoms with Crippen molar-refractivity contribution in [3.8, 4) is 5.75 Å². The average molecular weight is 297 g/mol. The Balaban J connectivity index is 1.98. The van der Waals surface area contributed by atoms with Crippen LogP contribution in [0.1, 0.15) is 26.7 Å². The number of carbonyl (C=O) groups excluding carboxylic acids is 1. The molecule has 1 amide bonds. The summed E-state index contributed by atoms with van der Waals surface area (Å²) < 4.78 is 5.37. The molecule has 0 saturated carbocycles. The van der Waals surface area contributed by atoms with Gasteiger partial charge in [0.15, 0.2) is 0 Å². The molecule has 110 valence electrons. The Morgan fingerprint density at radius 1 is 1.55 bits per heavy atom. The van der Waals surface area contributed by atoms with Crippen LogP contribution in [-0.4, -0.2) is 25.1 Å². The Labute approximate surface area is 124 Å². The predicted molar refractivity (Wildman–Crippen MR) is 81.4 cm³/mol. The Morgan fingerprint density at radius 3 is 3.00 bits per heavy atom. The molecule has 0 bridgehead atoms. The third-order valence-electron chi connectivity index (χ3n) is 3.49. The molecule has 1 saturated heterocycles. The number of amides is 1. The van der Waals surface area contributed by atoms with Gasteiger partial charge in [-0.2, -0.15) is 0 Å². The third-order valence-corrected chi connectivity index (χ3v) is 3.79. The fourth-order valence-electron chi connectivity index (χ4n) is 2.47. The lowest BCUT2D eigenvalue weighted by Gasteiger charge is -2.27. The molecule has 0 aromatic heterocycles. The highest BCUT2D eigenvalue weighted by atomic mass is 35.5. The SMILES string of the molecule is CCOc1ccc(NC(=O)C2CCNC(C)C2)cc1Cl. The molecule has 1 aromatic rings. The maximum absolute atomic E-state index is 12.2. The van der Waals surface area contributed by atoms with Crippen molar-refractivity contribution < 1.29 is 9.53 Å². The Kier molecular flexibility index (Phi) is 5.26. The second-order valence-electron chi connectivity index (χ2n) is 5.14. The zero-order valence-electron chi connectivity index (χ0n) is 11.9. The molecule has 5 heteroatoms. The first-order chi connectivity index (χ1) is 9.60. The van der Waals surface area contributed by atoms with E-state index in [0.717, 1.165) is 25.1 Å². The van der Waals surface area contributed by atoms with E-state index in [4.69, 9.17) is 16.3 Å². The highest BCUT2D eigenvalue weighted by molar-refractivity contribution is 6.32. The molecule has 1 heterocycles. The second kappa shape index (κ2) is 6.95. The molecule has 2 atom stereocenters. The zero-order valence-corrected chi connectivity index (χ0v) is 12.7. The van der Waals surface area contributed by atoms with Gasteiger partial charge in [-0.15, -0.1) is 0 Å². The van der Waals surface area contributed by atoms with Crippen LogP contribution < -0.4 is 15.4 Å². The Hall–Kier alpha value is -1.26. The summed E-state index contributed by atoms with van der Waals surface area (Å²) in [5.74, 6) is 0.776. The molecule has 0 aliphatic carbocycles. The number of halogens is 1. The van der Waals surface area contributed by atoms with E-state index in [1.54, 1.807) is 12.1 Å². The minimum absolute atomic E-state index is 0.0663. The van der Waals surface area contributed by atoms with Gasteiger partial charge >= 0.3 is 0 Å². The van der Waals surface area contributed by atoms with E-state index < -0.39 is 0 Å². The van der Waals surface area contributed by atoms with Crippen molar-refractivity contribution >= 4 is 23.2 Å². The van der Waals surface area contributed by atoms with Crippen molar-refractivity contribution in [2.24, 2.45) is 5.92 Å². The van der Waals surface area contributed by atoms with Crippen LogP contribution in [0.25, 0.3) is 0 Å². The third kappa shape index (κ3) is 3.87. The number of piperidine rings is 1. The molecular weight excluding hydrogens is 276 g/mol. The summed E-state index contributed by atoms with van der Waals surface area (Å²) in [5.41, 5.74) is 0.717. The smallest absolute Gasteiger partial charge is 0.227 e. The molecule has 2 unspecified atom stereocenters. The standard InChI is InChI=1S/C15H21ClN2O2/c1-3-20-14-5-4-12(9-13(14)16)18-15(19)11-6-7-17-10(2)8-11/h4-5,9-11,17H,3,6-8H2,1-2H3,(H,18,19). The van der Waals surface area contributed by atoms with Crippen LogP contribution in [0.2, 0.25) is 5.02 Å². The number of hydrogen-bond acceptors (Lipinski definition) is 3. The first-order valence-corrected chi connectivity index (χ1v) is 7.44. The molecule has 0 spiro atoms. The van der Waals surface area contributed by atoms with Crippen molar-refractivity contribution in [2.45, 2.75) is 32.7 Å². The number of anilines is 1. The van der Waals surface area contributed by atoms with Gasteiger partial charge in [-0.3, -0.25) is 4.79 Å². The number of ether oxygens (including phenoxy) is 1. The molecule has 2 N–H and O–H groups in total.